The van der Waals surface area contributed by atoms with Gasteiger partial charge in [0, 0.05) is 6.61 Å². The van der Waals surface area contributed by atoms with Crippen molar-refractivity contribution in [2.45, 2.75) is 51.4 Å². The first-order valence-electron chi connectivity index (χ1n) is 8.14. The molecule has 0 aromatic heterocycles. The standard InChI is InChI=1S/C18H30O/c1-3-13-19-14-16-7-11-18(12-8-16)17-9-5-15(4-2)6-10-17/h3-4,15-18H,1-2,5-14H2. The molecule has 108 valence electrons. The van der Waals surface area contributed by atoms with Crippen molar-refractivity contribution in [1.29, 1.82) is 0 Å². The van der Waals surface area contributed by atoms with Gasteiger partial charge in [-0.05, 0) is 75.0 Å². The Kier molecular flexibility index (Phi) is 6.16. The van der Waals surface area contributed by atoms with Crippen LogP contribution >= 0.6 is 0 Å². The fourth-order valence-electron chi connectivity index (χ4n) is 4.00. The van der Waals surface area contributed by atoms with E-state index in [2.05, 4.69) is 19.2 Å². The molecule has 1 heteroatoms. The Balaban J connectivity index is 1.66. The lowest BCUT2D eigenvalue weighted by Gasteiger charge is -2.37. The number of ether oxygens (including phenoxy) is 1. The molecule has 19 heavy (non-hydrogen) atoms. The van der Waals surface area contributed by atoms with E-state index in [1.165, 1.54) is 51.4 Å². The molecule has 0 atom stereocenters. The highest BCUT2D eigenvalue weighted by Crippen LogP contribution is 2.41. The SMILES string of the molecule is C=CCOCC1CCC(C2CCC(C=C)CC2)CC1. The highest BCUT2D eigenvalue weighted by Gasteiger charge is 2.30. The Morgan fingerprint density at radius 1 is 0.842 bits per heavy atom. The lowest BCUT2D eigenvalue weighted by atomic mass is 9.69. The van der Waals surface area contributed by atoms with E-state index in [1.807, 2.05) is 6.08 Å². The number of hydrogen-bond donors (Lipinski definition) is 0. The van der Waals surface area contributed by atoms with Crippen LogP contribution in [0.15, 0.2) is 25.3 Å². The minimum Gasteiger partial charge on any atom is -0.377 e. The van der Waals surface area contributed by atoms with Crippen LogP contribution in [0.5, 0.6) is 0 Å². The summed E-state index contributed by atoms with van der Waals surface area (Å²) in [5.41, 5.74) is 0. The van der Waals surface area contributed by atoms with Gasteiger partial charge in [-0.2, -0.15) is 0 Å². The molecular weight excluding hydrogens is 232 g/mol. The van der Waals surface area contributed by atoms with Gasteiger partial charge >= 0.3 is 0 Å². The average molecular weight is 262 g/mol. The largest absolute Gasteiger partial charge is 0.377 e. The van der Waals surface area contributed by atoms with Crippen LogP contribution in [0.1, 0.15) is 51.4 Å². The average Bonchev–Trinajstić information content (AvgIpc) is 2.48. The van der Waals surface area contributed by atoms with Crippen LogP contribution in [0.3, 0.4) is 0 Å². The summed E-state index contributed by atoms with van der Waals surface area (Å²) in [6.45, 7) is 9.30. The highest BCUT2D eigenvalue weighted by atomic mass is 16.5. The Morgan fingerprint density at radius 3 is 1.95 bits per heavy atom. The molecule has 0 saturated heterocycles. The van der Waals surface area contributed by atoms with Crippen molar-refractivity contribution in [1.82, 2.24) is 0 Å². The van der Waals surface area contributed by atoms with E-state index in [-0.39, 0.29) is 0 Å². The number of hydrogen-bond acceptors (Lipinski definition) is 1. The van der Waals surface area contributed by atoms with Gasteiger partial charge in [-0.1, -0.05) is 12.2 Å². The van der Waals surface area contributed by atoms with E-state index in [1.54, 1.807) is 0 Å². The summed E-state index contributed by atoms with van der Waals surface area (Å²) in [5.74, 6) is 3.62. The molecule has 0 bridgehead atoms. The molecule has 2 rings (SSSR count). The molecule has 0 spiro atoms. The molecular formula is C18H30O. The van der Waals surface area contributed by atoms with Crippen LogP contribution in [0.25, 0.3) is 0 Å². The van der Waals surface area contributed by atoms with E-state index < -0.39 is 0 Å². The van der Waals surface area contributed by atoms with Crippen molar-refractivity contribution < 1.29 is 4.74 Å². The zero-order valence-corrected chi connectivity index (χ0v) is 12.4. The molecule has 0 unspecified atom stereocenters. The van der Waals surface area contributed by atoms with Gasteiger partial charge in [-0.3, -0.25) is 0 Å². The summed E-state index contributed by atoms with van der Waals surface area (Å²) < 4.78 is 5.60. The van der Waals surface area contributed by atoms with Crippen LogP contribution in [0, 0.1) is 23.7 Å². The van der Waals surface area contributed by atoms with Crippen molar-refractivity contribution >= 4 is 0 Å². The van der Waals surface area contributed by atoms with E-state index in [0.29, 0.717) is 6.61 Å². The molecule has 0 N–H and O–H groups in total. The Bertz CT molecular complexity index is 267. The summed E-state index contributed by atoms with van der Waals surface area (Å²) in [5, 5.41) is 0. The second-order valence-electron chi connectivity index (χ2n) is 6.52. The van der Waals surface area contributed by atoms with Crippen molar-refractivity contribution in [3.63, 3.8) is 0 Å². The molecule has 0 aromatic rings. The van der Waals surface area contributed by atoms with Gasteiger partial charge in [0.25, 0.3) is 0 Å². The molecule has 1 nitrogen and oxygen atoms in total. The maximum atomic E-state index is 5.60. The predicted molar refractivity (Wildman–Crippen MR) is 82.1 cm³/mol. The van der Waals surface area contributed by atoms with Crippen LogP contribution in [-0.2, 0) is 4.74 Å². The van der Waals surface area contributed by atoms with Crippen LogP contribution in [0.2, 0.25) is 0 Å². The smallest absolute Gasteiger partial charge is 0.0644 e. The van der Waals surface area contributed by atoms with Crippen molar-refractivity contribution in [3.05, 3.63) is 25.3 Å². The summed E-state index contributed by atoms with van der Waals surface area (Å²) in [6.07, 6.45) is 15.3. The first kappa shape index (κ1) is 14.8. The minimum atomic E-state index is 0.714. The third-order valence-electron chi connectivity index (χ3n) is 5.30. The zero-order valence-electron chi connectivity index (χ0n) is 12.4. The van der Waals surface area contributed by atoms with E-state index >= 15 is 0 Å². The van der Waals surface area contributed by atoms with Crippen molar-refractivity contribution in [2.75, 3.05) is 13.2 Å². The lowest BCUT2D eigenvalue weighted by Crippen LogP contribution is -2.26. The van der Waals surface area contributed by atoms with Crippen LogP contribution < -0.4 is 0 Å². The summed E-state index contributed by atoms with van der Waals surface area (Å²) in [4.78, 5) is 0. The molecule has 2 saturated carbocycles. The predicted octanol–water partition coefficient (Wildman–Crippen LogP) is 4.99. The molecule has 0 amide bonds. The number of allylic oxidation sites excluding steroid dienone is 1. The lowest BCUT2D eigenvalue weighted by molar-refractivity contribution is 0.0800. The molecule has 0 heterocycles. The fraction of sp³-hybridized carbons (Fsp3) is 0.778. The van der Waals surface area contributed by atoms with E-state index in [0.717, 1.165) is 30.3 Å². The Morgan fingerprint density at radius 2 is 1.42 bits per heavy atom. The van der Waals surface area contributed by atoms with Gasteiger partial charge in [0.15, 0.2) is 0 Å². The molecule has 0 radical (unpaired) electrons. The first-order chi connectivity index (χ1) is 9.33. The van der Waals surface area contributed by atoms with Crippen molar-refractivity contribution in [2.24, 2.45) is 23.7 Å². The summed E-state index contributed by atoms with van der Waals surface area (Å²) in [7, 11) is 0. The quantitative estimate of drug-likeness (QED) is 0.484. The van der Waals surface area contributed by atoms with Gasteiger partial charge in [0.05, 0.1) is 6.61 Å². The molecule has 0 aliphatic heterocycles. The maximum absolute atomic E-state index is 5.60. The van der Waals surface area contributed by atoms with Gasteiger partial charge in [0.1, 0.15) is 0 Å². The Labute approximate surface area is 119 Å². The fourth-order valence-corrected chi connectivity index (χ4v) is 4.00. The molecule has 2 aliphatic rings. The molecule has 2 fully saturated rings. The summed E-state index contributed by atoms with van der Waals surface area (Å²) >= 11 is 0. The second kappa shape index (κ2) is 7.89. The van der Waals surface area contributed by atoms with E-state index in [9.17, 15) is 0 Å². The third kappa shape index (κ3) is 4.49. The minimum absolute atomic E-state index is 0.714. The second-order valence-corrected chi connectivity index (χ2v) is 6.52. The normalized spacial score (nSPS) is 35.8. The topological polar surface area (TPSA) is 9.23 Å². The molecule has 0 aromatic carbocycles. The monoisotopic (exact) mass is 262 g/mol. The van der Waals surface area contributed by atoms with Gasteiger partial charge in [0.2, 0.25) is 0 Å². The van der Waals surface area contributed by atoms with Crippen LogP contribution in [-0.4, -0.2) is 13.2 Å². The summed E-state index contributed by atoms with van der Waals surface area (Å²) in [6, 6.07) is 0. The van der Waals surface area contributed by atoms with Gasteiger partial charge < -0.3 is 4.74 Å². The first-order valence-corrected chi connectivity index (χ1v) is 8.14. The highest BCUT2D eigenvalue weighted by molar-refractivity contribution is 4.87. The van der Waals surface area contributed by atoms with E-state index in [4.69, 9.17) is 4.74 Å². The van der Waals surface area contributed by atoms with Crippen LogP contribution in [0.4, 0.5) is 0 Å². The maximum Gasteiger partial charge on any atom is 0.0644 e. The third-order valence-corrected chi connectivity index (χ3v) is 5.30. The van der Waals surface area contributed by atoms with Gasteiger partial charge in [-0.25, -0.2) is 0 Å². The van der Waals surface area contributed by atoms with Gasteiger partial charge in [-0.15, -0.1) is 13.2 Å². The van der Waals surface area contributed by atoms with Crippen molar-refractivity contribution in [3.8, 4) is 0 Å². The number of rotatable bonds is 6. The zero-order chi connectivity index (χ0) is 13.5. The molecule has 2 aliphatic carbocycles. The Hall–Kier alpha value is -0.560.